The first-order valence-corrected chi connectivity index (χ1v) is 7.18. The van der Waals surface area contributed by atoms with Crippen molar-refractivity contribution < 1.29 is 14.4 Å². The van der Waals surface area contributed by atoms with Gasteiger partial charge >= 0.3 is 5.69 Å². The topological polar surface area (TPSA) is 99.8 Å². The number of nitro groups is 1. The van der Waals surface area contributed by atoms with Gasteiger partial charge in [-0.3, -0.25) is 15.5 Å². The summed E-state index contributed by atoms with van der Waals surface area (Å²) >= 11 is 10.7. The number of phenolic OH excluding ortho intramolecular Hbond substituents is 1. The van der Waals surface area contributed by atoms with E-state index in [-0.39, 0.29) is 21.4 Å². The predicted octanol–water partition coefficient (Wildman–Crippen LogP) is 3.41. The summed E-state index contributed by atoms with van der Waals surface area (Å²) in [6.45, 7) is 0. The SMILES string of the molecule is O=[N+]([O-])c1cc(Cl)cc(/C=N/NC(=S)Nc2ccccc2F)c1O. The minimum Gasteiger partial charge on any atom is -0.502 e. The second kappa shape index (κ2) is 7.66. The van der Waals surface area contributed by atoms with E-state index in [0.717, 1.165) is 12.3 Å². The molecule has 0 radical (unpaired) electrons. The van der Waals surface area contributed by atoms with Crippen molar-refractivity contribution in [3.05, 3.63) is 62.9 Å². The van der Waals surface area contributed by atoms with Crippen LogP contribution < -0.4 is 10.7 Å². The van der Waals surface area contributed by atoms with E-state index in [4.69, 9.17) is 23.8 Å². The third-order valence-corrected chi connectivity index (χ3v) is 3.18. The predicted molar refractivity (Wildman–Crippen MR) is 93.1 cm³/mol. The van der Waals surface area contributed by atoms with Crippen LogP contribution in [0, 0.1) is 15.9 Å². The van der Waals surface area contributed by atoms with Crippen LogP contribution in [0.4, 0.5) is 15.8 Å². The summed E-state index contributed by atoms with van der Waals surface area (Å²) in [5, 5.41) is 27.0. The zero-order valence-electron chi connectivity index (χ0n) is 11.9. The summed E-state index contributed by atoms with van der Waals surface area (Å²) in [7, 11) is 0. The molecule has 2 rings (SSSR count). The van der Waals surface area contributed by atoms with E-state index in [1.165, 1.54) is 24.3 Å². The van der Waals surface area contributed by atoms with Gasteiger partial charge in [-0.15, -0.1) is 0 Å². The van der Waals surface area contributed by atoms with E-state index < -0.39 is 22.2 Å². The first kappa shape index (κ1) is 17.6. The number of nitrogens with zero attached hydrogens (tertiary/aromatic N) is 2. The third-order valence-electron chi connectivity index (χ3n) is 2.77. The molecule has 10 heteroatoms. The number of phenols is 1. The van der Waals surface area contributed by atoms with Crippen LogP contribution in [-0.2, 0) is 0 Å². The normalized spacial score (nSPS) is 10.6. The average Bonchev–Trinajstić information content (AvgIpc) is 2.52. The molecule has 0 bridgehead atoms. The Labute approximate surface area is 145 Å². The Morgan fingerprint density at radius 2 is 2.12 bits per heavy atom. The van der Waals surface area contributed by atoms with Crippen LogP contribution in [0.15, 0.2) is 41.5 Å². The van der Waals surface area contributed by atoms with Gasteiger partial charge in [-0.2, -0.15) is 5.10 Å². The number of rotatable bonds is 4. The number of nitrogens with one attached hydrogen (secondary N) is 2. The highest BCUT2D eigenvalue weighted by Crippen LogP contribution is 2.32. The molecule has 3 N–H and O–H groups in total. The van der Waals surface area contributed by atoms with E-state index in [9.17, 15) is 19.6 Å². The first-order valence-electron chi connectivity index (χ1n) is 6.40. The number of benzene rings is 2. The summed E-state index contributed by atoms with van der Waals surface area (Å²) in [6, 6.07) is 8.22. The molecule has 0 saturated heterocycles. The van der Waals surface area contributed by atoms with Crippen LogP contribution in [0.25, 0.3) is 0 Å². The summed E-state index contributed by atoms with van der Waals surface area (Å²) in [6.07, 6.45) is 1.10. The van der Waals surface area contributed by atoms with E-state index in [1.807, 2.05) is 0 Å². The maximum Gasteiger partial charge on any atom is 0.312 e. The van der Waals surface area contributed by atoms with Crippen LogP contribution >= 0.6 is 23.8 Å². The lowest BCUT2D eigenvalue weighted by Crippen LogP contribution is -2.24. The number of nitro benzene ring substituents is 1. The molecule has 0 spiro atoms. The zero-order valence-corrected chi connectivity index (χ0v) is 13.4. The highest BCUT2D eigenvalue weighted by molar-refractivity contribution is 7.80. The molecule has 2 aromatic carbocycles. The lowest BCUT2D eigenvalue weighted by molar-refractivity contribution is -0.385. The van der Waals surface area contributed by atoms with Gasteiger partial charge in [0.1, 0.15) is 5.82 Å². The van der Waals surface area contributed by atoms with Crippen molar-refractivity contribution >= 4 is 46.5 Å². The Morgan fingerprint density at radius 1 is 1.42 bits per heavy atom. The van der Waals surface area contributed by atoms with Gasteiger partial charge in [-0.25, -0.2) is 4.39 Å². The van der Waals surface area contributed by atoms with Crippen molar-refractivity contribution in [1.29, 1.82) is 0 Å². The molecule has 124 valence electrons. The summed E-state index contributed by atoms with van der Waals surface area (Å²) in [5.41, 5.74) is 2.04. The summed E-state index contributed by atoms with van der Waals surface area (Å²) < 4.78 is 13.5. The highest BCUT2D eigenvalue weighted by Gasteiger charge is 2.17. The molecule has 24 heavy (non-hydrogen) atoms. The van der Waals surface area contributed by atoms with E-state index >= 15 is 0 Å². The van der Waals surface area contributed by atoms with Crippen molar-refractivity contribution in [1.82, 2.24) is 5.43 Å². The summed E-state index contributed by atoms with van der Waals surface area (Å²) in [5.74, 6) is -1.07. The lowest BCUT2D eigenvalue weighted by Gasteiger charge is -2.07. The number of hydrazone groups is 1. The van der Waals surface area contributed by atoms with E-state index in [2.05, 4.69) is 15.8 Å². The van der Waals surface area contributed by atoms with Crippen molar-refractivity contribution in [2.45, 2.75) is 0 Å². The fourth-order valence-electron chi connectivity index (χ4n) is 1.72. The molecule has 7 nitrogen and oxygen atoms in total. The number of halogens is 2. The van der Waals surface area contributed by atoms with Crippen LogP contribution in [0.1, 0.15) is 5.56 Å². The van der Waals surface area contributed by atoms with Crippen LogP contribution in [-0.4, -0.2) is 21.4 Å². The van der Waals surface area contributed by atoms with Crippen molar-refractivity contribution in [3.8, 4) is 5.75 Å². The van der Waals surface area contributed by atoms with Crippen molar-refractivity contribution in [3.63, 3.8) is 0 Å². The number of hydrogen-bond donors (Lipinski definition) is 3. The molecule has 2 aromatic rings. The molecule has 0 amide bonds. The molecular formula is C14H10ClFN4O3S. The largest absolute Gasteiger partial charge is 0.502 e. The number of aromatic hydroxyl groups is 1. The Morgan fingerprint density at radius 3 is 2.79 bits per heavy atom. The molecule has 0 fully saturated rings. The molecule has 0 aliphatic carbocycles. The van der Waals surface area contributed by atoms with Crippen LogP contribution in [0.5, 0.6) is 5.75 Å². The fraction of sp³-hybridized carbons (Fsp3) is 0. The fourth-order valence-corrected chi connectivity index (χ4v) is 2.10. The van der Waals surface area contributed by atoms with Gasteiger partial charge in [-0.1, -0.05) is 23.7 Å². The van der Waals surface area contributed by atoms with Gasteiger partial charge in [-0.05, 0) is 30.4 Å². The number of anilines is 1. The van der Waals surface area contributed by atoms with Crippen molar-refractivity contribution in [2.24, 2.45) is 5.10 Å². The average molecular weight is 369 g/mol. The second-order valence-corrected chi connectivity index (χ2v) is 5.27. The van der Waals surface area contributed by atoms with Crippen LogP contribution in [0.2, 0.25) is 5.02 Å². The first-order chi connectivity index (χ1) is 11.4. The Bertz CT molecular complexity index is 832. The standard InChI is InChI=1S/C14H10ClFN4O3S/c15-9-5-8(13(21)12(6-9)20(22)23)7-17-19-14(24)18-11-4-2-1-3-10(11)16/h1-7,21H,(H2,18,19,24)/b17-7+. The van der Waals surface area contributed by atoms with E-state index in [0.29, 0.717) is 0 Å². The molecule has 0 aliphatic heterocycles. The molecule has 0 atom stereocenters. The van der Waals surface area contributed by atoms with Crippen molar-refractivity contribution in [2.75, 3.05) is 5.32 Å². The smallest absolute Gasteiger partial charge is 0.312 e. The van der Waals surface area contributed by atoms with Gasteiger partial charge < -0.3 is 10.4 Å². The Balaban J connectivity index is 2.08. The highest BCUT2D eigenvalue weighted by atomic mass is 35.5. The van der Waals surface area contributed by atoms with Gasteiger partial charge in [0.2, 0.25) is 5.75 Å². The number of para-hydroxylation sites is 1. The molecule has 0 heterocycles. The third kappa shape index (κ3) is 4.37. The van der Waals surface area contributed by atoms with E-state index in [1.54, 1.807) is 6.07 Å². The minimum atomic E-state index is -0.768. The molecule has 0 unspecified atom stereocenters. The Kier molecular flexibility index (Phi) is 5.61. The maximum atomic E-state index is 13.5. The summed E-state index contributed by atoms with van der Waals surface area (Å²) in [4.78, 5) is 10.0. The maximum absolute atomic E-state index is 13.5. The minimum absolute atomic E-state index is 0.00707. The van der Waals surface area contributed by atoms with Gasteiger partial charge in [0, 0.05) is 16.7 Å². The van der Waals surface area contributed by atoms with Gasteiger partial charge in [0.15, 0.2) is 5.11 Å². The second-order valence-electron chi connectivity index (χ2n) is 4.42. The van der Waals surface area contributed by atoms with Gasteiger partial charge in [0.05, 0.1) is 16.8 Å². The molecule has 0 aromatic heterocycles. The van der Waals surface area contributed by atoms with Crippen LogP contribution in [0.3, 0.4) is 0 Å². The Hall–Kier alpha value is -2.78. The number of hydrogen-bond acceptors (Lipinski definition) is 5. The molecule has 0 aliphatic rings. The molecular weight excluding hydrogens is 359 g/mol. The number of thiocarbonyl (C=S) groups is 1. The quantitative estimate of drug-likeness (QED) is 0.331. The van der Waals surface area contributed by atoms with Gasteiger partial charge in [0.25, 0.3) is 0 Å². The lowest BCUT2D eigenvalue weighted by atomic mass is 10.2. The zero-order chi connectivity index (χ0) is 17.7. The molecule has 0 saturated carbocycles. The monoisotopic (exact) mass is 368 g/mol.